The number of benzene rings is 1. The second-order valence-electron chi connectivity index (χ2n) is 8.44. The van der Waals surface area contributed by atoms with Gasteiger partial charge in [0.05, 0.1) is 0 Å². The summed E-state index contributed by atoms with van der Waals surface area (Å²) in [5, 5.41) is 11.9. The molecule has 1 saturated carbocycles. The first kappa shape index (κ1) is 18.5. The van der Waals surface area contributed by atoms with Crippen LogP contribution in [0.15, 0.2) is 24.3 Å². The van der Waals surface area contributed by atoms with Crippen LogP contribution in [0, 0.1) is 0 Å². The van der Waals surface area contributed by atoms with Crippen LogP contribution in [-0.4, -0.2) is 36.6 Å². The van der Waals surface area contributed by atoms with Crippen LogP contribution in [0.2, 0.25) is 0 Å². The van der Waals surface area contributed by atoms with Crippen LogP contribution >= 0.6 is 0 Å². The average Bonchev–Trinajstić information content (AvgIpc) is 3.03. The molecule has 26 heavy (non-hydrogen) atoms. The highest BCUT2D eigenvalue weighted by Crippen LogP contribution is 2.26. The number of amides is 3. The van der Waals surface area contributed by atoms with Crippen molar-refractivity contribution in [3.8, 4) is 0 Å². The standard InChI is InChI=1S/C20H30N4O2/c1-20(2,3)13-4-6-14(7-5-13)22-15-8-10-16(11-9-15)23-18(25)17-12-21-19(26)24-17/h4-7,15-17,22H,8-12H2,1-3H3,(H,23,25)(H2,21,24,26). The lowest BCUT2D eigenvalue weighted by molar-refractivity contribution is -0.123. The molecule has 1 aromatic carbocycles. The van der Waals surface area contributed by atoms with E-state index in [1.165, 1.54) is 5.56 Å². The molecule has 3 amide bonds. The maximum Gasteiger partial charge on any atom is 0.315 e. The molecule has 6 heteroatoms. The number of carbonyl (C=O) groups is 2. The molecule has 2 fully saturated rings. The number of carbonyl (C=O) groups excluding carboxylic acids is 2. The molecule has 0 aromatic heterocycles. The molecule has 1 heterocycles. The minimum absolute atomic E-state index is 0.0856. The summed E-state index contributed by atoms with van der Waals surface area (Å²) in [4.78, 5) is 23.3. The lowest BCUT2D eigenvalue weighted by Gasteiger charge is -2.31. The van der Waals surface area contributed by atoms with Gasteiger partial charge in [0.2, 0.25) is 5.91 Å². The van der Waals surface area contributed by atoms with E-state index in [4.69, 9.17) is 0 Å². The van der Waals surface area contributed by atoms with Crippen molar-refractivity contribution in [2.24, 2.45) is 0 Å². The zero-order valence-electron chi connectivity index (χ0n) is 15.9. The van der Waals surface area contributed by atoms with Crippen molar-refractivity contribution < 1.29 is 9.59 Å². The fourth-order valence-electron chi connectivity index (χ4n) is 3.60. The minimum Gasteiger partial charge on any atom is -0.382 e. The summed E-state index contributed by atoms with van der Waals surface area (Å²) in [6.45, 7) is 7.03. The molecule has 0 bridgehead atoms. The molecule has 3 rings (SSSR count). The average molecular weight is 358 g/mol. The first-order valence-electron chi connectivity index (χ1n) is 9.53. The number of hydrogen-bond acceptors (Lipinski definition) is 3. The molecular weight excluding hydrogens is 328 g/mol. The lowest BCUT2D eigenvalue weighted by atomic mass is 9.87. The van der Waals surface area contributed by atoms with Crippen molar-refractivity contribution in [1.82, 2.24) is 16.0 Å². The molecular formula is C20H30N4O2. The minimum atomic E-state index is -0.445. The number of nitrogens with one attached hydrogen (secondary N) is 4. The van der Waals surface area contributed by atoms with Crippen LogP contribution in [0.3, 0.4) is 0 Å². The number of hydrogen-bond donors (Lipinski definition) is 4. The van der Waals surface area contributed by atoms with E-state index >= 15 is 0 Å². The van der Waals surface area contributed by atoms with Gasteiger partial charge in [-0.05, 0) is 48.8 Å². The predicted molar refractivity (Wildman–Crippen MR) is 103 cm³/mol. The molecule has 1 atom stereocenters. The molecule has 1 aliphatic carbocycles. The molecule has 142 valence electrons. The number of rotatable bonds is 4. The zero-order chi connectivity index (χ0) is 18.7. The number of urea groups is 1. The third-order valence-electron chi connectivity index (χ3n) is 5.28. The Morgan fingerprint density at radius 2 is 1.65 bits per heavy atom. The van der Waals surface area contributed by atoms with E-state index in [1.807, 2.05) is 0 Å². The molecule has 1 saturated heterocycles. The van der Waals surface area contributed by atoms with Crippen molar-refractivity contribution in [2.45, 2.75) is 70.0 Å². The normalized spacial score (nSPS) is 26.0. The Morgan fingerprint density at radius 1 is 1.04 bits per heavy atom. The summed E-state index contributed by atoms with van der Waals surface area (Å²) in [6, 6.07) is 8.62. The molecule has 6 nitrogen and oxygen atoms in total. The molecule has 0 radical (unpaired) electrons. The van der Waals surface area contributed by atoms with E-state index < -0.39 is 6.04 Å². The SMILES string of the molecule is CC(C)(C)c1ccc(NC2CCC(NC(=O)C3CNC(=O)N3)CC2)cc1. The van der Waals surface area contributed by atoms with Crippen molar-refractivity contribution >= 4 is 17.6 Å². The molecule has 1 aromatic rings. The van der Waals surface area contributed by atoms with Gasteiger partial charge < -0.3 is 21.3 Å². The summed E-state index contributed by atoms with van der Waals surface area (Å²) in [5.74, 6) is -0.0856. The Kier molecular flexibility index (Phi) is 5.39. The van der Waals surface area contributed by atoms with Crippen LogP contribution in [-0.2, 0) is 10.2 Å². The van der Waals surface area contributed by atoms with E-state index in [1.54, 1.807) is 0 Å². The Morgan fingerprint density at radius 3 is 2.19 bits per heavy atom. The van der Waals surface area contributed by atoms with E-state index in [0.29, 0.717) is 12.6 Å². The van der Waals surface area contributed by atoms with E-state index in [-0.39, 0.29) is 23.4 Å². The monoisotopic (exact) mass is 358 g/mol. The Balaban J connectivity index is 1.43. The fourth-order valence-corrected chi connectivity index (χ4v) is 3.60. The smallest absolute Gasteiger partial charge is 0.315 e. The van der Waals surface area contributed by atoms with Crippen molar-refractivity contribution in [1.29, 1.82) is 0 Å². The van der Waals surface area contributed by atoms with Gasteiger partial charge in [0.25, 0.3) is 0 Å². The quantitative estimate of drug-likeness (QED) is 0.667. The van der Waals surface area contributed by atoms with Crippen LogP contribution in [0.1, 0.15) is 52.0 Å². The maximum absolute atomic E-state index is 12.2. The Bertz CT molecular complexity index is 643. The van der Waals surface area contributed by atoms with Crippen LogP contribution in [0.5, 0.6) is 0 Å². The van der Waals surface area contributed by atoms with Gasteiger partial charge in [0.1, 0.15) is 6.04 Å². The zero-order valence-corrected chi connectivity index (χ0v) is 15.9. The van der Waals surface area contributed by atoms with Gasteiger partial charge in [0, 0.05) is 24.3 Å². The molecule has 4 N–H and O–H groups in total. The molecule has 2 aliphatic rings. The lowest BCUT2D eigenvalue weighted by Crippen LogP contribution is -2.48. The molecule has 0 spiro atoms. The van der Waals surface area contributed by atoms with Crippen LogP contribution in [0.4, 0.5) is 10.5 Å². The highest BCUT2D eigenvalue weighted by atomic mass is 16.2. The second-order valence-corrected chi connectivity index (χ2v) is 8.44. The Labute approximate surface area is 155 Å². The van der Waals surface area contributed by atoms with Crippen molar-refractivity contribution in [3.63, 3.8) is 0 Å². The van der Waals surface area contributed by atoms with E-state index in [0.717, 1.165) is 31.4 Å². The Hall–Kier alpha value is -2.24. The second kappa shape index (κ2) is 7.56. The first-order chi connectivity index (χ1) is 12.3. The molecule has 1 aliphatic heterocycles. The van der Waals surface area contributed by atoms with Crippen LogP contribution in [0.25, 0.3) is 0 Å². The van der Waals surface area contributed by atoms with Gasteiger partial charge in [-0.25, -0.2) is 4.79 Å². The highest BCUT2D eigenvalue weighted by Gasteiger charge is 2.29. The topological polar surface area (TPSA) is 82.3 Å². The van der Waals surface area contributed by atoms with Crippen molar-refractivity contribution in [3.05, 3.63) is 29.8 Å². The number of anilines is 1. The van der Waals surface area contributed by atoms with Gasteiger partial charge in [-0.15, -0.1) is 0 Å². The first-order valence-corrected chi connectivity index (χ1v) is 9.53. The van der Waals surface area contributed by atoms with Gasteiger partial charge in [-0.1, -0.05) is 32.9 Å². The van der Waals surface area contributed by atoms with Crippen molar-refractivity contribution in [2.75, 3.05) is 11.9 Å². The summed E-state index contributed by atoms with van der Waals surface area (Å²) in [5.41, 5.74) is 2.66. The van der Waals surface area contributed by atoms with E-state index in [9.17, 15) is 9.59 Å². The van der Waals surface area contributed by atoms with Gasteiger partial charge in [-0.2, -0.15) is 0 Å². The highest BCUT2D eigenvalue weighted by molar-refractivity contribution is 5.90. The summed E-state index contributed by atoms with van der Waals surface area (Å²) >= 11 is 0. The van der Waals surface area contributed by atoms with Gasteiger partial charge in [0.15, 0.2) is 0 Å². The summed E-state index contributed by atoms with van der Waals surface area (Å²) in [6.07, 6.45) is 3.97. The third-order valence-corrected chi connectivity index (χ3v) is 5.28. The maximum atomic E-state index is 12.2. The summed E-state index contributed by atoms with van der Waals surface area (Å²) in [7, 11) is 0. The van der Waals surface area contributed by atoms with E-state index in [2.05, 4.69) is 66.3 Å². The molecule has 1 unspecified atom stereocenters. The largest absolute Gasteiger partial charge is 0.382 e. The van der Waals surface area contributed by atoms with Crippen LogP contribution < -0.4 is 21.3 Å². The third kappa shape index (κ3) is 4.68. The fraction of sp³-hybridized carbons (Fsp3) is 0.600. The predicted octanol–water partition coefficient (Wildman–Crippen LogP) is 2.50. The van der Waals surface area contributed by atoms with Gasteiger partial charge >= 0.3 is 6.03 Å². The van der Waals surface area contributed by atoms with Gasteiger partial charge in [-0.3, -0.25) is 4.79 Å². The summed E-state index contributed by atoms with van der Waals surface area (Å²) < 4.78 is 0.